The molecule has 1 saturated heterocycles. The van der Waals surface area contributed by atoms with Gasteiger partial charge < -0.3 is 9.80 Å². The first kappa shape index (κ1) is 17.1. The van der Waals surface area contributed by atoms with Crippen LogP contribution in [0, 0.1) is 6.92 Å². The summed E-state index contributed by atoms with van der Waals surface area (Å²) >= 11 is 1.50. The highest BCUT2D eigenvalue weighted by atomic mass is 32.1. The lowest BCUT2D eigenvalue weighted by Gasteiger charge is -2.24. The average molecular weight is 392 g/mol. The smallest absolute Gasteiger partial charge is 0.263 e. The molecule has 3 aromatic heterocycles. The third-order valence-electron chi connectivity index (χ3n) is 5.19. The molecule has 28 heavy (non-hydrogen) atoms. The van der Waals surface area contributed by atoms with Gasteiger partial charge in [0, 0.05) is 31.6 Å². The van der Waals surface area contributed by atoms with Crippen molar-refractivity contribution < 1.29 is 4.79 Å². The largest absolute Gasteiger partial charge is 0.340 e. The van der Waals surface area contributed by atoms with Gasteiger partial charge in [-0.15, -0.1) is 21.5 Å². The predicted octanol–water partition coefficient (Wildman–Crippen LogP) is 3.00. The minimum atomic E-state index is 0.119. The minimum absolute atomic E-state index is 0.119. The monoisotopic (exact) mass is 392 g/mol. The van der Waals surface area contributed by atoms with Gasteiger partial charge >= 0.3 is 0 Å². The SMILES string of the molecule is Cc1nnc2c3ccccc3nc(N3CCCN(C(=O)c4cccs4)CC3)n12. The summed E-state index contributed by atoms with van der Waals surface area (Å²) < 4.78 is 2.03. The lowest BCUT2D eigenvalue weighted by atomic mass is 10.2. The molecular weight excluding hydrogens is 372 g/mol. The first-order chi connectivity index (χ1) is 13.7. The van der Waals surface area contributed by atoms with E-state index in [1.165, 1.54) is 11.3 Å². The molecule has 0 radical (unpaired) electrons. The van der Waals surface area contributed by atoms with Gasteiger partial charge in [-0.1, -0.05) is 18.2 Å². The number of aromatic nitrogens is 4. The molecule has 0 spiro atoms. The van der Waals surface area contributed by atoms with Gasteiger partial charge in [0.05, 0.1) is 10.4 Å². The number of fused-ring (bicyclic) bond motifs is 3. The maximum atomic E-state index is 12.7. The van der Waals surface area contributed by atoms with Crippen molar-refractivity contribution in [2.24, 2.45) is 0 Å². The number of carbonyl (C=O) groups is 1. The standard InChI is InChI=1S/C20H20N6OS/c1-14-22-23-18-15-6-2-3-7-16(15)21-20(26(14)18)25-10-5-9-24(11-12-25)19(27)17-8-4-13-28-17/h2-4,6-8,13H,5,9-12H2,1H3. The highest BCUT2D eigenvalue weighted by Gasteiger charge is 2.24. The molecule has 142 valence electrons. The van der Waals surface area contributed by atoms with Crippen LogP contribution < -0.4 is 4.90 Å². The zero-order chi connectivity index (χ0) is 19.1. The van der Waals surface area contributed by atoms with E-state index >= 15 is 0 Å². The number of para-hydroxylation sites is 1. The van der Waals surface area contributed by atoms with Crippen LogP contribution in [0.4, 0.5) is 5.95 Å². The van der Waals surface area contributed by atoms with E-state index < -0.39 is 0 Å². The summed E-state index contributed by atoms with van der Waals surface area (Å²) in [5, 5.41) is 11.6. The number of hydrogen-bond donors (Lipinski definition) is 0. The molecule has 5 rings (SSSR count). The van der Waals surface area contributed by atoms with E-state index in [1.807, 2.05) is 58.0 Å². The van der Waals surface area contributed by atoms with Crippen molar-refractivity contribution in [2.75, 3.05) is 31.1 Å². The molecule has 0 saturated carbocycles. The van der Waals surface area contributed by atoms with Crippen LogP contribution in [-0.4, -0.2) is 56.6 Å². The Balaban J connectivity index is 1.50. The van der Waals surface area contributed by atoms with E-state index in [1.54, 1.807) is 0 Å². The number of hydrogen-bond acceptors (Lipinski definition) is 6. The Morgan fingerprint density at radius 3 is 2.79 bits per heavy atom. The van der Waals surface area contributed by atoms with Gasteiger partial charge in [-0.3, -0.25) is 4.79 Å². The molecule has 0 N–H and O–H groups in total. The third-order valence-corrected chi connectivity index (χ3v) is 6.05. The summed E-state index contributed by atoms with van der Waals surface area (Å²) in [4.78, 5) is 22.7. The van der Waals surface area contributed by atoms with Crippen LogP contribution in [0.5, 0.6) is 0 Å². The van der Waals surface area contributed by atoms with Crippen LogP contribution in [0.15, 0.2) is 41.8 Å². The van der Waals surface area contributed by atoms with Crippen LogP contribution in [-0.2, 0) is 0 Å². The zero-order valence-corrected chi connectivity index (χ0v) is 16.4. The van der Waals surface area contributed by atoms with E-state index in [4.69, 9.17) is 4.98 Å². The molecule has 0 atom stereocenters. The molecule has 1 aromatic carbocycles. The highest BCUT2D eigenvalue weighted by molar-refractivity contribution is 7.12. The second-order valence-electron chi connectivity index (χ2n) is 6.95. The van der Waals surface area contributed by atoms with Crippen LogP contribution >= 0.6 is 11.3 Å². The Kier molecular flexibility index (Phi) is 4.20. The second-order valence-corrected chi connectivity index (χ2v) is 7.89. The van der Waals surface area contributed by atoms with Crippen molar-refractivity contribution in [3.8, 4) is 0 Å². The number of rotatable bonds is 2. The van der Waals surface area contributed by atoms with Gasteiger partial charge in [-0.25, -0.2) is 9.38 Å². The van der Waals surface area contributed by atoms with Crippen molar-refractivity contribution in [2.45, 2.75) is 13.3 Å². The second kappa shape index (κ2) is 6.87. The summed E-state index contributed by atoms with van der Waals surface area (Å²) in [5.74, 6) is 1.79. The van der Waals surface area contributed by atoms with E-state index in [-0.39, 0.29) is 5.91 Å². The number of anilines is 1. The molecular formula is C20H20N6OS. The van der Waals surface area contributed by atoms with Crippen molar-refractivity contribution in [1.29, 1.82) is 0 Å². The Morgan fingerprint density at radius 1 is 1.04 bits per heavy atom. The number of amides is 1. The molecule has 8 heteroatoms. The topological polar surface area (TPSA) is 66.6 Å². The van der Waals surface area contributed by atoms with Gasteiger partial charge in [-0.05, 0) is 36.9 Å². The summed E-state index contributed by atoms with van der Waals surface area (Å²) in [5.41, 5.74) is 1.74. The van der Waals surface area contributed by atoms with E-state index in [9.17, 15) is 4.79 Å². The fourth-order valence-corrected chi connectivity index (χ4v) is 4.47. The van der Waals surface area contributed by atoms with E-state index in [2.05, 4.69) is 15.1 Å². The van der Waals surface area contributed by atoms with Gasteiger partial charge in [-0.2, -0.15) is 0 Å². The van der Waals surface area contributed by atoms with E-state index in [0.29, 0.717) is 6.54 Å². The van der Waals surface area contributed by atoms with Gasteiger partial charge in [0.1, 0.15) is 5.82 Å². The summed E-state index contributed by atoms with van der Waals surface area (Å²) in [6.07, 6.45) is 0.897. The first-order valence-corrected chi connectivity index (χ1v) is 10.3. The fraction of sp³-hybridized carbons (Fsp3) is 0.300. The molecule has 1 fully saturated rings. The van der Waals surface area contributed by atoms with Crippen LogP contribution in [0.25, 0.3) is 16.6 Å². The first-order valence-electron chi connectivity index (χ1n) is 9.40. The number of aryl methyl sites for hydroxylation is 1. The minimum Gasteiger partial charge on any atom is -0.340 e. The summed E-state index contributed by atoms with van der Waals surface area (Å²) in [7, 11) is 0. The third kappa shape index (κ3) is 2.80. The highest BCUT2D eigenvalue weighted by Crippen LogP contribution is 2.25. The van der Waals surface area contributed by atoms with Crippen LogP contribution in [0.1, 0.15) is 21.9 Å². The molecule has 0 unspecified atom stereocenters. The predicted molar refractivity (Wildman–Crippen MR) is 110 cm³/mol. The normalized spacial score (nSPS) is 15.3. The molecule has 0 bridgehead atoms. The van der Waals surface area contributed by atoms with Crippen molar-refractivity contribution in [3.63, 3.8) is 0 Å². The molecule has 7 nitrogen and oxygen atoms in total. The fourth-order valence-electron chi connectivity index (χ4n) is 3.78. The van der Waals surface area contributed by atoms with Gasteiger partial charge in [0.2, 0.25) is 5.95 Å². The van der Waals surface area contributed by atoms with Crippen molar-refractivity contribution in [1.82, 2.24) is 24.5 Å². The number of thiophene rings is 1. The molecule has 1 aliphatic heterocycles. The Bertz CT molecular complexity index is 1150. The lowest BCUT2D eigenvalue weighted by Crippen LogP contribution is -2.35. The molecule has 1 amide bonds. The van der Waals surface area contributed by atoms with E-state index in [0.717, 1.165) is 59.3 Å². The van der Waals surface area contributed by atoms with Crippen molar-refractivity contribution in [3.05, 3.63) is 52.5 Å². The lowest BCUT2D eigenvalue weighted by molar-refractivity contribution is 0.0772. The average Bonchev–Trinajstić information content (AvgIpc) is 3.32. The Morgan fingerprint density at radius 2 is 1.93 bits per heavy atom. The summed E-state index contributed by atoms with van der Waals surface area (Å²) in [6.45, 7) is 4.95. The maximum Gasteiger partial charge on any atom is 0.263 e. The molecule has 4 heterocycles. The maximum absolute atomic E-state index is 12.7. The number of carbonyl (C=O) groups excluding carboxylic acids is 1. The van der Waals surface area contributed by atoms with Gasteiger partial charge in [0.25, 0.3) is 5.91 Å². The quantitative estimate of drug-likeness (QED) is 0.525. The Labute approximate surface area is 166 Å². The van der Waals surface area contributed by atoms with Crippen molar-refractivity contribution >= 4 is 39.7 Å². The molecule has 0 aliphatic carbocycles. The number of nitrogens with zero attached hydrogens (tertiary/aromatic N) is 6. The Hall–Kier alpha value is -3.00. The number of benzene rings is 1. The molecule has 4 aromatic rings. The van der Waals surface area contributed by atoms with Crippen LogP contribution in [0.3, 0.4) is 0 Å². The molecule has 1 aliphatic rings. The van der Waals surface area contributed by atoms with Gasteiger partial charge in [0.15, 0.2) is 5.65 Å². The van der Waals surface area contributed by atoms with Crippen LogP contribution in [0.2, 0.25) is 0 Å². The summed E-state index contributed by atoms with van der Waals surface area (Å²) in [6, 6.07) is 11.8. The zero-order valence-electron chi connectivity index (χ0n) is 15.6.